The van der Waals surface area contributed by atoms with Crippen LogP contribution in [0.1, 0.15) is 173 Å². The van der Waals surface area contributed by atoms with Gasteiger partial charge in [0.25, 0.3) is 0 Å². The van der Waals surface area contributed by atoms with Crippen LogP contribution >= 0.6 is 0 Å². The molecular formula is C35H62N2. The van der Waals surface area contributed by atoms with E-state index in [0.717, 1.165) is 42.3 Å². The van der Waals surface area contributed by atoms with Gasteiger partial charge in [0.2, 0.25) is 0 Å². The van der Waals surface area contributed by atoms with Crippen molar-refractivity contribution in [3.63, 3.8) is 0 Å². The number of hydrogen-bond donors (Lipinski definition) is 0. The smallest absolute Gasteiger partial charge is 0.128 e. The van der Waals surface area contributed by atoms with Crippen molar-refractivity contribution in [2.75, 3.05) is 0 Å². The van der Waals surface area contributed by atoms with Crippen LogP contribution in [0.4, 0.5) is 0 Å². The highest BCUT2D eigenvalue weighted by atomic mass is 14.9. The van der Waals surface area contributed by atoms with Crippen molar-refractivity contribution >= 4 is 0 Å². The molecule has 1 aromatic rings. The molecule has 1 heterocycles. The lowest BCUT2D eigenvalue weighted by atomic mass is 9.68. The molecule has 2 saturated carbocycles. The molecule has 2 aliphatic carbocycles. The van der Waals surface area contributed by atoms with E-state index in [1.165, 1.54) is 153 Å². The lowest BCUT2D eigenvalue weighted by Crippen LogP contribution is -2.26. The molecule has 2 nitrogen and oxygen atoms in total. The summed E-state index contributed by atoms with van der Waals surface area (Å²) in [5.74, 6) is 5.14. The third-order valence-corrected chi connectivity index (χ3v) is 10.0. The maximum atomic E-state index is 4.74. The Morgan fingerprint density at radius 1 is 0.514 bits per heavy atom. The second-order valence-electron chi connectivity index (χ2n) is 13.0. The zero-order chi connectivity index (χ0) is 26.0. The summed E-state index contributed by atoms with van der Waals surface area (Å²) >= 11 is 0. The fraction of sp³-hybridized carbons (Fsp3) is 0.886. The summed E-state index contributed by atoms with van der Waals surface area (Å²) in [5.41, 5.74) is 1.34. The third kappa shape index (κ3) is 12.7. The van der Waals surface area contributed by atoms with E-state index in [0.29, 0.717) is 0 Å². The summed E-state index contributed by atoms with van der Waals surface area (Å²) in [6.07, 6.45) is 39.6. The van der Waals surface area contributed by atoms with Gasteiger partial charge in [-0.3, -0.25) is 0 Å². The maximum absolute atomic E-state index is 4.74. The van der Waals surface area contributed by atoms with E-state index >= 15 is 0 Å². The molecule has 0 unspecified atom stereocenters. The predicted molar refractivity (Wildman–Crippen MR) is 161 cm³/mol. The molecule has 0 N–H and O–H groups in total. The normalized spacial score (nSPS) is 24.4. The molecule has 1 aromatic heterocycles. The first kappa shape index (κ1) is 30.6. The first-order chi connectivity index (χ1) is 18.3. The quantitative estimate of drug-likeness (QED) is 0.173. The third-order valence-electron chi connectivity index (χ3n) is 10.0. The number of rotatable bonds is 19. The van der Waals surface area contributed by atoms with Crippen LogP contribution in [0, 0.1) is 23.7 Å². The second-order valence-corrected chi connectivity index (χ2v) is 13.0. The van der Waals surface area contributed by atoms with Gasteiger partial charge < -0.3 is 0 Å². The van der Waals surface area contributed by atoms with Crippen molar-refractivity contribution in [2.45, 2.75) is 174 Å². The van der Waals surface area contributed by atoms with E-state index in [4.69, 9.17) is 9.97 Å². The molecule has 0 amide bonds. The molecule has 2 fully saturated rings. The zero-order valence-electron chi connectivity index (χ0n) is 25.0. The molecule has 2 heteroatoms. The minimum Gasteiger partial charge on any atom is -0.241 e. The minimum atomic E-state index is 0.913. The Morgan fingerprint density at radius 3 is 1.51 bits per heavy atom. The first-order valence-electron chi connectivity index (χ1n) is 17.1. The summed E-state index contributed by atoms with van der Waals surface area (Å²) in [7, 11) is 0. The molecule has 0 bridgehead atoms. The van der Waals surface area contributed by atoms with Gasteiger partial charge in [0.15, 0.2) is 0 Å². The van der Waals surface area contributed by atoms with Gasteiger partial charge in [-0.15, -0.1) is 0 Å². The highest BCUT2D eigenvalue weighted by molar-refractivity contribution is 5.05. The SMILES string of the molecule is CCCCCCCCCCCCc1cnc(CC[C@H]2CC[C@H]([C@H]3CC[C@H](CCCCC)CC3)CC2)nc1. The minimum absolute atomic E-state index is 0.913. The monoisotopic (exact) mass is 510 g/mol. The van der Waals surface area contributed by atoms with E-state index in [1.807, 2.05) is 0 Å². The Balaban J connectivity index is 1.20. The lowest BCUT2D eigenvalue weighted by Gasteiger charge is -2.38. The van der Waals surface area contributed by atoms with Crippen LogP contribution < -0.4 is 0 Å². The lowest BCUT2D eigenvalue weighted by molar-refractivity contribution is 0.140. The Kier molecular flexibility index (Phi) is 15.9. The molecule has 0 aliphatic heterocycles. The largest absolute Gasteiger partial charge is 0.241 e. The van der Waals surface area contributed by atoms with Crippen LogP contribution in [0.25, 0.3) is 0 Å². The molecule has 37 heavy (non-hydrogen) atoms. The van der Waals surface area contributed by atoms with Crippen molar-refractivity contribution in [3.05, 3.63) is 23.8 Å². The molecule has 2 aliphatic rings. The van der Waals surface area contributed by atoms with Crippen molar-refractivity contribution < 1.29 is 0 Å². The summed E-state index contributed by atoms with van der Waals surface area (Å²) < 4.78 is 0. The van der Waals surface area contributed by atoms with Gasteiger partial charge in [0.05, 0.1) is 0 Å². The van der Waals surface area contributed by atoms with Gasteiger partial charge in [0, 0.05) is 18.8 Å². The van der Waals surface area contributed by atoms with Gasteiger partial charge in [-0.1, -0.05) is 123 Å². The fourth-order valence-corrected chi connectivity index (χ4v) is 7.37. The highest BCUT2D eigenvalue weighted by Gasteiger charge is 2.30. The number of unbranched alkanes of at least 4 members (excludes halogenated alkanes) is 11. The molecule has 0 saturated heterocycles. The number of aromatic nitrogens is 2. The van der Waals surface area contributed by atoms with Crippen LogP contribution in [-0.4, -0.2) is 9.97 Å². The average molecular weight is 511 g/mol. The van der Waals surface area contributed by atoms with Gasteiger partial charge in [0.1, 0.15) is 5.82 Å². The van der Waals surface area contributed by atoms with Crippen molar-refractivity contribution in [2.24, 2.45) is 23.7 Å². The number of nitrogens with zero attached hydrogens (tertiary/aromatic N) is 2. The van der Waals surface area contributed by atoms with Crippen molar-refractivity contribution in [1.82, 2.24) is 9.97 Å². The molecule has 0 atom stereocenters. The molecule has 3 rings (SSSR count). The Labute approximate surface area is 231 Å². The standard InChI is InChI=1S/C35H62N2/c1-3-5-7-8-9-10-11-12-13-15-17-32-28-36-35(37-29-32)27-22-31-20-25-34(26-21-31)33-23-18-30(19-24-33)16-14-6-4-2/h28-31,33-34H,3-27H2,1-2H3/t30-,31-,33-,34-. The Hall–Kier alpha value is -0.920. The van der Waals surface area contributed by atoms with E-state index in [-0.39, 0.29) is 0 Å². The van der Waals surface area contributed by atoms with Crippen LogP contribution in [0.2, 0.25) is 0 Å². The Bertz CT molecular complexity index is 652. The molecule has 0 spiro atoms. The molecule has 212 valence electrons. The molecule has 0 radical (unpaired) electrons. The molecule has 0 aromatic carbocycles. The van der Waals surface area contributed by atoms with Gasteiger partial charge >= 0.3 is 0 Å². The maximum Gasteiger partial charge on any atom is 0.128 e. The van der Waals surface area contributed by atoms with Gasteiger partial charge in [-0.05, 0) is 74.2 Å². The summed E-state index contributed by atoms with van der Waals surface area (Å²) in [4.78, 5) is 9.48. The van der Waals surface area contributed by atoms with Gasteiger partial charge in [-0.2, -0.15) is 0 Å². The summed E-state index contributed by atoms with van der Waals surface area (Å²) in [6, 6.07) is 0. The van der Waals surface area contributed by atoms with Crippen LogP contribution in [0.15, 0.2) is 12.4 Å². The predicted octanol–water partition coefficient (Wildman–Crippen LogP) is 11.1. The van der Waals surface area contributed by atoms with E-state index in [9.17, 15) is 0 Å². The zero-order valence-corrected chi connectivity index (χ0v) is 25.0. The number of hydrogen-bond acceptors (Lipinski definition) is 2. The van der Waals surface area contributed by atoms with Gasteiger partial charge in [-0.25, -0.2) is 9.97 Å². The summed E-state index contributed by atoms with van der Waals surface area (Å²) in [6.45, 7) is 4.63. The van der Waals surface area contributed by atoms with Crippen LogP contribution in [-0.2, 0) is 12.8 Å². The Morgan fingerprint density at radius 2 is 0.973 bits per heavy atom. The fourth-order valence-electron chi connectivity index (χ4n) is 7.37. The molecular weight excluding hydrogens is 448 g/mol. The number of aryl methyl sites for hydroxylation is 2. The topological polar surface area (TPSA) is 25.8 Å². The van der Waals surface area contributed by atoms with E-state index in [1.54, 1.807) is 0 Å². The van der Waals surface area contributed by atoms with Crippen molar-refractivity contribution in [3.8, 4) is 0 Å². The van der Waals surface area contributed by atoms with E-state index < -0.39 is 0 Å². The highest BCUT2D eigenvalue weighted by Crippen LogP contribution is 2.43. The first-order valence-corrected chi connectivity index (χ1v) is 17.1. The summed E-state index contributed by atoms with van der Waals surface area (Å²) in [5, 5.41) is 0. The van der Waals surface area contributed by atoms with Crippen LogP contribution in [0.3, 0.4) is 0 Å². The second kappa shape index (κ2) is 19.2. The average Bonchev–Trinajstić information content (AvgIpc) is 2.94. The van der Waals surface area contributed by atoms with Crippen LogP contribution in [0.5, 0.6) is 0 Å². The van der Waals surface area contributed by atoms with E-state index in [2.05, 4.69) is 26.2 Å². The van der Waals surface area contributed by atoms with Crippen molar-refractivity contribution in [1.29, 1.82) is 0 Å².